The molecule has 0 bridgehead atoms. The summed E-state index contributed by atoms with van der Waals surface area (Å²) in [4.78, 5) is 21.5. The number of rotatable bonds is 1. The number of furan rings is 1. The largest absolute Gasteiger partial charge is 0.439 e. The molecule has 6 heteroatoms. The first kappa shape index (κ1) is 9.60. The van der Waals surface area contributed by atoms with E-state index >= 15 is 0 Å². The molecule has 2 N–H and O–H groups in total. The van der Waals surface area contributed by atoms with Crippen molar-refractivity contribution in [3.63, 3.8) is 0 Å². The average molecular weight is 203 g/mol. The molecule has 13 heavy (non-hydrogen) atoms. The summed E-state index contributed by atoms with van der Waals surface area (Å²) in [7, 11) is 0. The van der Waals surface area contributed by atoms with E-state index in [9.17, 15) is 9.59 Å². The van der Waals surface area contributed by atoms with E-state index in [1.807, 2.05) is 0 Å². The van der Waals surface area contributed by atoms with Gasteiger partial charge in [0.15, 0.2) is 11.0 Å². The lowest BCUT2D eigenvalue weighted by Crippen LogP contribution is -2.40. The van der Waals surface area contributed by atoms with Crippen LogP contribution in [0.4, 0.5) is 0 Å². The van der Waals surface area contributed by atoms with Crippen LogP contribution in [0.15, 0.2) is 16.5 Å². The van der Waals surface area contributed by atoms with Crippen LogP contribution in [0.2, 0.25) is 5.22 Å². The highest BCUT2D eigenvalue weighted by atomic mass is 35.5. The standard InChI is InChI=1S/C7H7ClN2O3/c1-4(11)9-10-7(12)5-2-3-6(8)13-5/h2-3H,1H3,(H,9,11)(H,10,12). The van der Waals surface area contributed by atoms with Gasteiger partial charge in [0.2, 0.25) is 5.91 Å². The van der Waals surface area contributed by atoms with Gasteiger partial charge in [0.1, 0.15) is 0 Å². The van der Waals surface area contributed by atoms with Crippen molar-refractivity contribution in [1.29, 1.82) is 0 Å². The fraction of sp³-hybridized carbons (Fsp3) is 0.143. The minimum atomic E-state index is -0.554. The molecule has 1 rings (SSSR count). The Balaban J connectivity index is 2.54. The highest BCUT2D eigenvalue weighted by molar-refractivity contribution is 6.29. The summed E-state index contributed by atoms with van der Waals surface area (Å²) in [5, 5.41) is 0.118. The van der Waals surface area contributed by atoms with Crippen LogP contribution < -0.4 is 10.9 Å². The van der Waals surface area contributed by atoms with E-state index in [1.165, 1.54) is 19.1 Å². The molecule has 0 aliphatic heterocycles. The molecular formula is C7H7ClN2O3. The molecule has 1 heterocycles. The molecule has 1 aromatic heterocycles. The Bertz CT molecular complexity index is 334. The number of halogens is 1. The molecular weight excluding hydrogens is 196 g/mol. The van der Waals surface area contributed by atoms with Gasteiger partial charge in [-0.1, -0.05) is 0 Å². The predicted octanol–water partition coefficient (Wildman–Crippen LogP) is 0.714. The molecule has 0 saturated heterocycles. The van der Waals surface area contributed by atoms with Crippen LogP contribution in [0.3, 0.4) is 0 Å². The van der Waals surface area contributed by atoms with Gasteiger partial charge in [-0.25, -0.2) is 0 Å². The first-order valence-electron chi connectivity index (χ1n) is 3.42. The average Bonchev–Trinajstić information content (AvgIpc) is 2.47. The van der Waals surface area contributed by atoms with Crippen molar-refractivity contribution < 1.29 is 14.0 Å². The van der Waals surface area contributed by atoms with Crippen LogP contribution in [-0.2, 0) is 4.79 Å². The molecule has 0 fully saturated rings. The van der Waals surface area contributed by atoms with Crippen LogP contribution >= 0.6 is 11.6 Å². The van der Waals surface area contributed by atoms with E-state index in [1.54, 1.807) is 0 Å². The quantitative estimate of drug-likeness (QED) is 0.659. The van der Waals surface area contributed by atoms with Crippen molar-refractivity contribution in [2.45, 2.75) is 6.92 Å². The van der Waals surface area contributed by atoms with E-state index in [-0.39, 0.29) is 16.9 Å². The molecule has 0 aliphatic rings. The van der Waals surface area contributed by atoms with Crippen molar-refractivity contribution in [3.8, 4) is 0 Å². The molecule has 2 amide bonds. The third-order valence-corrected chi connectivity index (χ3v) is 1.35. The second-order valence-corrected chi connectivity index (χ2v) is 2.61. The van der Waals surface area contributed by atoms with Crippen molar-refractivity contribution >= 4 is 23.4 Å². The lowest BCUT2D eigenvalue weighted by molar-refractivity contribution is -0.119. The first-order chi connectivity index (χ1) is 6.09. The molecule has 0 aromatic carbocycles. The highest BCUT2D eigenvalue weighted by Gasteiger charge is 2.09. The van der Waals surface area contributed by atoms with Gasteiger partial charge < -0.3 is 4.42 Å². The number of hydrazine groups is 1. The maximum Gasteiger partial charge on any atom is 0.305 e. The summed E-state index contributed by atoms with van der Waals surface area (Å²) >= 11 is 5.43. The lowest BCUT2D eigenvalue weighted by atomic mass is 10.4. The minimum Gasteiger partial charge on any atom is -0.439 e. The zero-order valence-corrected chi connectivity index (χ0v) is 7.51. The summed E-state index contributed by atoms with van der Waals surface area (Å²) in [5.41, 5.74) is 4.23. The van der Waals surface area contributed by atoms with E-state index < -0.39 is 5.91 Å². The molecule has 0 unspecified atom stereocenters. The van der Waals surface area contributed by atoms with Gasteiger partial charge in [0, 0.05) is 6.92 Å². The Morgan fingerprint density at radius 3 is 2.54 bits per heavy atom. The predicted molar refractivity (Wildman–Crippen MR) is 45.0 cm³/mol. The third-order valence-electron chi connectivity index (χ3n) is 1.15. The topological polar surface area (TPSA) is 71.3 Å². The summed E-state index contributed by atoms with van der Waals surface area (Å²) in [5.74, 6) is -0.883. The first-order valence-corrected chi connectivity index (χ1v) is 3.79. The van der Waals surface area contributed by atoms with Crippen LogP contribution in [-0.4, -0.2) is 11.8 Å². The smallest absolute Gasteiger partial charge is 0.305 e. The maximum absolute atomic E-state index is 11.1. The van der Waals surface area contributed by atoms with Crippen LogP contribution in [0.25, 0.3) is 0 Å². The summed E-state index contributed by atoms with van der Waals surface area (Å²) in [6.45, 7) is 1.27. The van der Waals surface area contributed by atoms with E-state index in [4.69, 9.17) is 16.0 Å². The lowest BCUT2D eigenvalue weighted by Gasteiger charge is -2.01. The van der Waals surface area contributed by atoms with Gasteiger partial charge >= 0.3 is 5.91 Å². The zero-order chi connectivity index (χ0) is 9.84. The van der Waals surface area contributed by atoms with Crippen molar-refractivity contribution in [2.24, 2.45) is 0 Å². The third kappa shape index (κ3) is 2.79. The molecule has 0 atom stereocenters. The Labute approximate surface area is 79.0 Å². The monoisotopic (exact) mass is 202 g/mol. The van der Waals surface area contributed by atoms with Crippen LogP contribution in [0.1, 0.15) is 17.5 Å². The molecule has 5 nitrogen and oxygen atoms in total. The van der Waals surface area contributed by atoms with Gasteiger partial charge in [-0.05, 0) is 23.7 Å². The van der Waals surface area contributed by atoms with E-state index in [2.05, 4.69) is 10.9 Å². The van der Waals surface area contributed by atoms with Crippen molar-refractivity contribution in [3.05, 3.63) is 23.1 Å². The minimum absolute atomic E-state index is 0.0405. The number of carbonyl (C=O) groups is 2. The van der Waals surface area contributed by atoms with Gasteiger partial charge in [-0.2, -0.15) is 0 Å². The number of nitrogens with one attached hydrogen (secondary N) is 2. The van der Waals surface area contributed by atoms with Crippen LogP contribution in [0.5, 0.6) is 0 Å². The van der Waals surface area contributed by atoms with Gasteiger partial charge in [-0.15, -0.1) is 0 Å². The summed E-state index contributed by atoms with van der Waals surface area (Å²) in [6.07, 6.45) is 0. The number of carbonyl (C=O) groups excluding carboxylic acids is 2. The second-order valence-electron chi connectivity index (χ2n) is 2.24. The summed E-state index contributed by atoms with van der Waals surface area (Å²) < 4.78 is 4.78. The Hall–Kier alpha value is -1.49. The zero-order valence-electron chi connectivity index (χ0n) is 6.76. The molecule has 0 saturated carbocycles. The van der Waals surface area contributed by atoms with Gasteiger partial charge in [0.25, 0.3) is 0 Å². The van der Waals surface area contributed by atoms with Crippen LogP contribution in [0, 0.1) is 0 Å². The molecule has 70 valence electrons. The van der Waals surface area contributed by atoms with Crippen molar-refractivity contribution in [2.75, 3.05) is 0 Å². The SMILES string of the molecule is CC(=O)NNC(=O)c1ccc(Cl)o1. The Kier molecular flexibility index (Phi) is 2.92. The van der Waals surface area contributed by atoms with Gasteiger partial charge in [-0.3, -0.25) is 20.4 Å². The van der Waals surface area contributed by atoms with Gasteiger partial charge in [0.05, 0.1) is 0 Å². The number of amides is 2. The Morgan fingerprint density at radius 1 is 1.38 bits per heavy atom. The highest BCUT2D eigenvalue weighted by Crippen LogP contribution is 2.12. The van der Waals surface area contributed by atoms with E-state index in [0.717, 1.165) is 0 Å². The number of hydrogen-bond acceptors (Lipinski definition) is 3. The Morgan fingerprint density at radius 2 is 2.08 bits per heavy atom. The molecule has 0 aliphatic carbocycles. The molecule has 0 radical (unpaired) electrons. The second kappa shape index (κ2) is 3.95. The summed E-state index contributed by atoms with van der Waals surface area (Å²) in [6, 6.07) is 2.84. The maximum atomic E-state index is 11.1. The fourth-order valence-electron chi connectivity index (χ4n) is 0.643. The molecule has 1 aromatic rings. The fourth-order valence-corrected chi connectivity index (χ4v) is 0.789. The molecule has 0 spiro atoms. The normalized spacial score (nSPS) is 9.38. The van der Waals surface area contributed by atoms with Crippen molar-refractivity contribution in [1.82, 2.24) is 10.9 Å². The van der Waals surface area contributed by atoms with E-state index in [0.29, 0.717) is 0 Å². The number of hydrogen-bond donors (Lipinski definition) is 2.